The van der Waals surface area contributed by atoms with Gasteiger partial charge in [0, 0.05) is 16.5 Å². The van der Waals surface area contributed by atoms with E-state index in [1.165, 1.54) is 11.1 Å². The Hall–Kier alpha value is -3.40. The Morgan fingerprint density at radius 3 is 2.34 bits per heavy atom. The number of amides is 1. The van der Waals surface area contributed by atoms with E-state index in [2.05, 4.69) is 57.2 Å². The summed E-state index contributed by atoms with van der Waals surface area (Å²) >= 11 is 0. The molecule has 1 unspecified atom stereocenters. The topological polar surface area (TPSA) is 41.9 Å². The van der Waals surface area contributed by atoms with E-state index in [0.29, 0.717) is 12.3 Å². The number of ether oxygens (including phenoxy) is 1. The predicted molar refractivity (Wildman–Crippen MR) is 129 cm³/mol. The lowest BCUT2D eigenvalue weighted by Crippen LogP contribution is -2.54. The van der Waals surface area contributed by atoms with Gasteiger partial charge in [0.25, 0.3) is 5.91 Å². The SMILES string of the molecule is CCOc1ccc(N=C2C(=O)N3c4c2cccc4C(C)(c2ccccc2)CC3(C)C)cc1. The molecule has 0 N–H and O–H groups in total. The van der Waals surface area contributed by atoms with Gasteiger partial charge in [-0.25, -0.2) is 4.99 Å². The molecule has 0 radical (unpaired) electrons. The van der Waals surface area contributed by atoms with E-state index in [-0.39, 0.29) is 16.9 Å². The number of aliphatic imine (C=N–C) groups is 1. The summed E-state index contributed by atoms with van der Waals surface area (Å²) in [6, 6.07) is 24.4. The molecule has 0 saturated heterocycles. The highest BCUT2D eigenvalue weighted by atomic mass is 16.5. The van der Waals surface area contributed by atoms with Crippen LogP contribution >= 0.6 is 0 Å². The first-order valence-corrected chi connectivity index (χ1v) is 11.2. The first-order chi connectivity index (χ1) is 15.3. The van der Waals surface area contributed by atoms with Crippen molar-refractivity contribution < 1.29 is 9.53 Å². The van der Waals surface area contributed by atoms with Crippen LogP contribution in [0, 0.1) is 0 Å². The molecule has 1 amide bonds. The third kappa shape index (κ3) is 3.05. The van der Waals surface area contributed by atoms with E-state index in [1.54, 1.807) is 0 Å². The molecule has 1 atom stereocenters. The number of carbonyl (C=O) groups is 1. The normalized spacial score (nSPS) is 22.2. The Bertz CT molecular complexity index is 1210. The minimum atomic E-state index is -0.346. The van der Waals surface area contributed by atoms with Gasteiger partial charge in [-0.15, -0.1) is 0 Å². The van der Waals surface area contributed by atoms with Crippen LogP contribution in [-0.2, 0) is 10.2 Å². The van der Waals surface area contributed by atoms with Crippen LogP contribution in [0.3, 0.4) is 0 Å². The summed E-state index contributed by atoms with van der Waals surface area (Å²) in [7, 11) is 0. The number of carbonyl (C=O) groups excluding carboxylic acids is 1. The van der Waals surface area contributed by atoms with Crippen molar-refractivity contribution in [3.8, 4) is 5.75 Å². The average molecular weight is 425 g/mol. The molecule has 3 aromatic rings. The second-order valence-electron chi connectivity index (χ2n) is 9.42. The number of para-hydroxylation sites is 1. The quantitative estimate of drug-likeness (QED) is 0.512. The van der Waals surface area contributed by atoms with Gasteiger partial charge < -0.3 is 9.64 Å². The lowest BCUT2D eigenvalue weighted by molar-refractivity contribution is -0.113. The molecule has 2 aliphatic heterocycles. The zero-order chi connectivity index (χ0) is 22.5. The van der Waals surface area contributed by atoms with Gasteiger partial charge in [-0.3, -0.25) is 4.79 Å². The fourth-order valence-electron chi connectivity index (χ4n) is 5.44. The highest BCUT2D eigenvalue weighted by Gasteiger charge is 2.52. The van der Waals surface area contributed by atoms with Crippen molar-refractivity contribution in [1.29, 1.82) is 0 Å². The molecule has 0 fully saturated rings. The van der Waals surface area contributed by atoms with Crippen LogP contribution < -0.4 is 9.64 Å². The highest BCUT2D eigenvalue weighted by Crippen LogP contribution is 2.54. The van der Waals surface area contributed by atoms with Gasteiger partial charge in [-0.05, 0) is 62.6 Å². The molecular formula is C28H28N2O2. The zero-order valence-electron chi connectivity index (χ0n) is 19.1. The molecule has 162 valence electrons. The summed E-state index contributed by atoms with van der Waals surface area (Å²) in [5.74, 6) is 0.776. The van der Waals surface area contributed by atoms with E-state index in [1.807, 2.05) is 48.2 Å². The lowest BCUT2D eigenvalue weighted by Gasteiger charge is -2.49. The molecule has 2 heterocycles. The van der Waals surface area contributed by atoms with Crippen LogP contribution in [-0.4, -0.2) is 23.8 Å². The first kappa shape index (κ1) is 20.5. The highest BCUT2D eigenvalue weighted by molar-refractivity contribution is 6.55. The summed E-state index contributed by atoms with van der Waals surface area (Å²) in [6.45, 7) is 9.19. The first-order valence-electron chi connectivity index (χ1n) is 11.2. The molecule has 0 aromatic heterocycles. The van der Waals surface area contributed by atoms with Crippen LogP contribution in [0.5, 0.6) is 5.75 Å². The molecule has 0 bridgehead atoms. The van der Waals surface area contributed by atoms with Crippen LogP contribution in [0.2, 0.25) is 0 Å². The van der Waals surface area contributed by atoms with Crippen molar-refractivity contribution >= 4 is 23.0 Å². The summed E-state index contributed by atoms with van der Waals surface area (Å²) < 4.78 is 5.54. The van der Waals surface area contributed by atoms with E-state index in [0.717, 1.165) is 29.1 Å². The summed E-state index contributed by atoms with van der Waals surface area (Å²) in [4.78, 5) is 20.5. The lowest BCUT2D eigenvalue weighted by atomic mass is 9.65. The number of benzene rings is 3. The minimum absolute atomic E-state index is 0.0264. The van der Waals surface area contributed by atoms with Gasteiger partial charge >= 0.3 is 0 Å². The van der Waals surface area contributed by atoms with E-state index in [4.69, 9.17) is 9.73 Å². The number of hydrogen-bond donors (Lipinski definition) is 0. The Morgan fingerprint density at radius 2 is 1.66 bits per heavy atom. The number of nitrogens with zero attached hydrogens (tertiary/aromatic N) is 2. The van der Waals surface area contributed by atoms with Gasteiger partial charge in [-0.1, -0.05) is 55.5 Å². The standard InChI is InChI=1S/C28H28N2O2/c1-5-32-21-16-14-20(15-17-21)29-24-22-12-9-13-23-25(22)30(26(24)31)27(2,3)18-28(23,4)19-10-7-6-8-11-19/h6-17H,5,18H2,1-4H3. The van der Waals surface area contributed by atoms with Gasteiger partial charge in [0.15, 0.2) is 0 Å². The maximum absolute atomic E-state index is 13.7. The van der Waals surface area contributed by atoms with E-state index < -0.39 is 0 Å². The van der Waals surface area contributed by atoms with Gasteiger partial charge in [0.05, 0.1) is 18.0 Å². The molecule has 32 heavy (non-hydrogen) atoms. The molecule has 5 rings (SSSR count). The largest absolute Gasteiger partial charge is 0.494 e. The molecule has 2 aliphatic rings. The Balaban J connectivity index is 1.67. The summed E-state index contributed by atoms with van der Waals surface area (Å²) in [5.41, 5.74) is 5.09. The van der Waals surface area contributed by atoms with Gasteiger partial charge in [-0.2, -0.15) is 0 Å². The van der Waals surface area contributed by atoms with Gasteiger partial charge in [0.1, 0.15) is 11.5 Å². The molecule has 0 spiro atoms. The maximum atomic E-state index is 13.7. The molecule has 3 aromatic carbocycles. The average Bonchev–Trinajstić information content (AvgIpc) is 3.07. The zero-order valence-corrected chi connectivity index (χ0v) is 19.1. The van der Waals surface area contributed by atoms with Crippen LogP contribution in [0.4, 0.5) is 11.4 Å². The maximum Gasteiger partial charge on any atom is 0.278 e. The second kappa shape index (κ2) is 7.33. The molecular weight excluding hydrogens is 396 g/mol. The molecule has 4 nitrogen and oxygen atoms in total. The number of anilines is 1. The predicted octanol–water partition coefficient (Wildman–Crippen LogP) is 6.04. The van der Waals surface area contributed by atoms with Crippen LogP contribution in [0.1, 0.15) is 50.8 Å². The van der Waals surface area contributed by atoms with Crippen molar-refractivity contribution in [3.05, 3.63) is 89.5 Å². The summed E-state index contributed by atoms with van der Waals surface area (Å²) in [5, 5.41) is 0. The van der Waals surface area contributed by atoms with Crippen LogP contribution in [0.25, 0.3) is 0 Å². The molecule has 0 saturated carbocycles. The number of rotatable bonds is 4. The molecule has 4 heteroatoms. The van der Waals surface area contributed by atoms with E-state index in [9.17, 15) is 4.79 Å². The minimum Gasteiger partial charge on any atom is -0.494 e. The van der Waals surface area contributed by atoms with Crippen molar-refractivity contribution in [1.82, 2.24) is 0 Å². The van der Waals surface area contributed by atoms with E-state index >= 15 is 0 Å². The fourth-order valence-corrected chi connectivity index (χ4v) is 5.44. The van der Waals surface area contributed by atoms with Crippen molar-refractivity contribution in [2.24, 2.45) is 4.99 Å². The Labute approximate surface area is 189 Å². The Kier molecular flexibility index (Phi) is 4.70. The monoisotopic (exact) mass is 424 g/mol. The number of hydrogen-bond acceptors (Lipinski definition) is 3. The van der Waals surface area contributed by atoms with Crippen molar-refractivity contribution in [2.45, 2.75) is 45.1 Å². The Morgan fingerprint density at radius 1 is 0.938 bits per heavy atom. The smallest absolute Gasteiger partial charge is 0.278 e. The van der Waals surface area contributed by atoms with Gasteiger partial charge in [0.2, 0.25) is 0 Å². The van der Waals surface area contributed by atoms with Crippen molar-refractivity contribution in [2.75, 3.05) is 11.5 Å². The third-order valence-corrected chi connectivity index (χ3v) is 6.71. The molecule has 0 aliphatic carbocycles. The third-order valence-electron chi connectivity index (χ3n) is 6.71. The van der Waals surface area contributed by atoms with Crippen molar-refractivity contribution in [3.63, 3.8) is 0 Å². The second-order valence-corrected chi connectivity index (χ2v) is 9.42. The van der Waals surface area contributed by atoms with Crippen LogP contribution in [0.15, 0.2) is 77.8 Å². The fraction of sp³-hybridized carbons (Fsp3) is 0.286. The summed E-state index contributed by atoms with van der Waals surface area (Å²) in [6.07, 6.45) is 0.836.